The molecule has 1 aliphatic rings. The molecular formula is C21H26N4O4. The summed E-state index contributed by atoms with van der Waals surface area (Å²) in [6, 6.07) is 7.72. The van der Waals surface area contributed by atoms with Crippen molar-refractivity contribution in [1.82, 2.24) is 10.5 Å². The highest BCUT2D eigenvalue weighted by Gasteiger charge is 2.27. The Morgan fingerprint density at radius 3 is 2.66 bits per heavy atom. The van der Waals surface area contributed by atoms with Crippen LogP contribution < -0.4 is 16.4 Å². The van der Waals surface area contributed by atoms with Crippen LogP contribution in [0.5, 0.6) is 0 Å². The monoisotopic (exact) mass is 398 g/mol. The molecular weight excluding hydrogens is 372 g/mol. The summed E-state index contributed by atoms with van der Waals surface area (Å²) >= 11 is 0. The number of rotatable bonds is 8. The minimum Gasteiger partial charge on any atom is -0.369 e. The van der Waals surface area contributed by atoms with Gasteiger partial charge < -0.3 is 20.9 Å². The lowest BCUT2D eigenvalue weighted by molar-refractivity contribution is -0.118. The number of nitrogens with one attached hydrogen (secondary N) is 2. The predicted molar refractivity (Wildman–Crippen MR) is 107 cm³/mol. The van der Waals surface area contributed by atoms with Crippen molar-refractivity contribution in [3.63, 3.8) is 0 Å². The van der Waals surface area contributed by atoms with Crippen LogP contribution in [0.15, 0.2) is 41.1 Å². The van der Waals surface area contributed by atoms with Crippen LogP contribution in [0.3, 0.4) is 0 Å². The van der Waals surface area contributed by atoms with Crippen molar-refractivity contribution in [2.75, 3.05) is 5.32 Å². The quantitative estimate of drug-likeness (QED) is 0.629. The van der Waals surface area contributed by atoms with Crippen molar-refractivity contribution in [3.8, 4) is 0 Å². The number of nitrogens with zero attached hydrogens (tertiary/aromatic N) is 1. The van der Waals surface area contributed by atoms with E-state index in [4.69, 9.17) is 10.3 Å². The molecule has 1 aromatic heterocycles. The van der Waals surface area contributed by atoms with Gasteiger partial charge in [-0.25, -0.2) is 0 Å². The molecule has 8 nitrogen and oxygen atoms in total. The summed E-state index contributed by atoms with van der Waals surface area (Å²) in [5.41, 5.74) is 6.51. The number of anilines is 1. The zero-order valence-electron chi connectivity index (χ0n) is 16.2. The van der Waals surface area contributed by atoms with Gasteiger partial charge in [0.15, 0.2) is 0 Å². The molecule has 0 unspecified atom stereocenters. The highest BCUT2D eigenvalue weighted by molar-refractivity contribution is 6.00. The molecule has 0 bridgehead atoms. The van der Waals surface area contributed by atoms with E-state index < -0.39 is 17.9 Å². The van der Waals surface area contributed by atoms with E-state index >= 15 is 0 Å². The maximum absolute atomic E-state index is 13.0. The number of hydrogen-bond donors (Lipinski definition) is 3. The molecule has 1 atom stereocenters. The van der Waals surface area contributed by atoms with Crippen molar-refractivity contribution in [3.05, 3.63) is 47.9 Å². The Bertz CT molecular complexity index is 844. The Hall–Kier alpha value is -3.16. The van der Waals surface area contributed by atoms with E-state index in [-0.39, 0.29) is 18.1 Å². The molecule has 1 aliphatic carbocycles. The molecule has 0 saturated heterocycles. The summed E-state index contributed by atoms with van der Waals surface area (Å²) in [6.07, 6.45) is 7.64. The molecule has 29 heavy (non-hydrogen) atoms. The fourth-order valence-electron chi connectivity index (χ4n) is 3.74. The van der Waals surface area contributed by atoms with Crippen LogP contribution in [-0.4, -0.2) is 28.9 Å². The lowest BCUT2D eigenvalue weighted by Crippen LogP contribution is -2.45. The van der Waals surface area contributed by atoms with Crippen molar-refractivity contribution in [2.24, 2.45) is 11.7 Å². The van der Waals surface area contributed by atoms with Gasteiger partial charge in [-0.15, -0.1) is 0 Å². The molecule has 154 valence electrons. The number of nitrogens with two attached hydrogens (primary N) is 1. The number of hydrogen-bond acceptors (Lipinski definition) is 5. The van der Waals surface area contributed by atoms with E-state index in [0.29, 0.717) is 23.6 Å². The molecule has 1 heterocycles. The first-order chi connectivity index (χ1) is 14.0. The van der Waals surface area contributed by atoms with Crippen molar-refractivity contribution in [1.29, 1.82) is 0 Å². The SMILES string of the molecule is NC(=O)Cc1cccc(NC(=O)[C@H](CC2CCCCC2)NC(=O)c2ccno2)c1. The lowest BCUT2D eigenvalue weighted by Gasteiger charge is -2.26. The molecule has 3 amide bonds. The number of aromatic nitrogens is 1. The number of carbonyl (C=O) groups is 3. The van der Waals surface area contributed by atoms with E-state index in [2.05, 4.69) is 15.8 Å². The van der Waals surface area contributed by atoms with Crippen molar-refractivity contribution in [2.45, 2.75) is 51.0 Å². The Labute approximate surface area is 169 Å². The Kier molecular flexibility index (Phi) is 6.99. The maximum atomic E-state index is 13.0. The summed E-state index contributed by atoms with van der Waals surface area (Å²) < 4.78 is 4.90. The smallest absolute Gasteiger partial charge is 0.290 e. The van der Waals surface area contributed by atoms with Crippen LogP contribution in [0.4, 0.5) is 5.69 Å². The highest BCUT2D eigenvalue weighted by Crippen LogP contribution is 2.28. The average Bonchev–Trinajstić information content (AvgIpc) is 3.23. The second-order valence-corrected chi connectivity index (χ2v) is 7.48. The molecule has 1 saturated carbocycles. The molecule has 2 aromatic rings. The first-order valence-electron chi connectivity index (χ1n) is 9.91. The van der Waals surface area contributed by atoms with E-state index in [1.54, 1.807) is 24.3 Å². The fraction of sp³-hybridized carbons (Fsp3) is 0.429. The van der Waals surface area contributed by atoms with Gasteiger partial charge in [-0.1, -0.05) is 49.4 Å². The lowest BCUT2D eigenvalue weighted by atomic mass is 9.84. The summed E-state index contributed by atoms with van der Waals surface area (Å²) in [4.78, 5) is 36.5. The molecule has 0 spiro atoms. The van der Waals surface area contributed by atoms with E-state index in [0.717, 1.165) is 25.7 Å². The minimum absolute atomic E-state index is 0.0647. The van der Waals surface area contributed by atoms with Crippen LogP contribution in [0.25, 0.3) is 0 Å². The zero-order valence-corrected chi connectivity index (χ0v) is 16.2. The van der Waals surface area contributed by atoms with Gasteiger partial charge in [-0.05, 0) is 30.0 Å². The third-order valence-electron chi connectivity index (χ3n) is 5.15. The van der Waals surface area contributed by atoms with Crippen LogP contribution in [-0.2, 0) is 16.0 Å². The number of benzene rings is 1. The summed E-state index contributed by atoms with van der Waals surface area (Å²) in [5.74, 6) is -0.769. The minimum atomic E-state index is -0.699. The van der Waals surface area contributed by atoms with E-state index in [1.807, 2.05) is 0 Å². The van der Waals surface area contributed by atoms with Gasteiger partial charge in [-0.3, -0.25) is 14.4 Å². The molecule has 0 radical (unpaired) electrons. The van der Waals surface area contributed by atoms with Crippen LogP contribution in [0, 0.1) is 5.92 Å². The van der Waals surface area contributed by atoms with Crippen LogP contribution in [0.2, 0.25) is 0 Å². The Balaban J connectivity index is 1.70. The third-order valence-corrected chi connectivity index (χ3v) is 5.15. The van der Waals surface area contributed by atoms with Gasteiger partial charge in [0.1, 0.15) is 6.04 Å². The van der Waals surface area contributed by atoms with Gasteiger partial charge in [0, 0.05) is 11.8 Å². The second-order valence-electron chi connectivity index (χ2n) is 7.48. The molecule has 0 aliphatic heterocycles. The summed E-state index contributed by atoms with van der Waals surface area (Å²) in [5, 5.41) is 9.16. The van der Waals surface area contributed by atoms with E-state index in [9.17, 15) is 14.4 Å². The molecule has 1 fully saturated rings. The van der Waals surface area contributed by atoms with Gasteiger partial charge in [0.2, 0.25) is 17.6 Å². The summed E-state index contributed by atoms with van der Waals surface area (Å²) in [7, 11) is 0. The maximum Gasteiger partial charge on any atom is 0.290 e. The van der Waals surface area contributed by atoms with Crippen molar-refractivity contribution < 1.29 is 18.9 Å². The van der Waals surface area contributed by atoms with Crippen LogP contribution >= 0.6 is 0 Å². The standard InChI is InChI=1S/C21H26N4O4/c22-19(26)13-15-7-4-8-16(11-15)24-20(27)17(12-14-5-2-1-3-6-14)25-21(28)18-9-10-23-29-18/h4,7-11,14,17H,1-3,5-6,12-13H2,(H2,22,26)(H,24,27)(H,25,28)/t17-/m0/s1. The molecule has 4 N–H and O–H groups in total. The average molecular weight is 398 g/mol. The molecule has 8 heteroatoms. The molecule has 1 aromatic carbocycles. The van der Waals surface area contributed by atoms with Gasteiger partial charge >= 0.3 is 0 Å². The van der Waals surface area contributed by atoms with Crippen molar-refractivity contribution >= 4 is 23.4 Å². The Morgan fingerprint density at radius 2 is 1.97 bits per heavy atom. The Morgan fingerprint density at radius 1 is 1.17 bits per heavy atom. The second kappa shape index (κ2) is 9.86. The topological polar surface area (TPSA) is 127 Å². The van der Waals surface area contributed by atoms with Crippen LogP contribution in [0.1, 0.15) is 54.6 Å². The zero-order chi connectivity index (χ0) is 20.6. The van der Waals surface area contributed by atoms with Gasteiger partial charge in [-0.2, -0.15) is 0 Å². The number of primary amides is 1. The summed E-state index contributed by atoms with van der Waals surface area (Å²) in [6.45, 7) is 0. The largest absolute Gasteiger partial charge is 0.369 e. The molecule has 3 rings (SSSR count). The normalized spacial score (nSPS) is 15.4. The highest BCUT2D eigenvalue weighted by atomic mass is 16.5. The first kappa shape index (κ1) is 20.6. The predicted octanol–water partition coefficient (Wildman–Crippen LogP) is 2.41. The number of amides is 3. The van der Waals surface area contributed by atoms with E-state index in [1.165, 1.54) is 18.7 Å². The van der Waals surface area contributed by atoms with Gasteiger partial charge in [0.05, 0.1) is 12.6 Å². The third kappa shape index (κ3) is 6.17. The first-order valence-corrected chi connectivity index (χ1v) is 9.91. The van der Waals surface area contributed by atoms with Gasteiger partial charge in [0.25, 0.3) is 5.91 Å². The fourth-order valence-corrected chi connectivity index (χ4v) is 3.74. The number of carbonyl (C=O) groups excluding carboxylic acids is 3.